The van der Waals surface area contributed by atoms with Crippen LogP contribution in [0.2, 0.25) is 12.6 Å². The van der Waals surface area contributed by atoms with Gasteiger partial charge < -0.3 is 8.85 Å². The third-order valence-corrected chi connectivity index (χ3v) is 8.44. The number of imide groups is 1. The Morgan fingerprint density at radius 2 is 1.06 bits per heavy atom. The van der Waals surface area contributed by atoms with Crippen LogP contribution >= 0.6 is 0 Å². The number of hydrogen-bond acceptors (Lipinski definition) is 4. The van der Waals surface area contributed by atoms with Gasteiger partial charge in [0.25, 0.3) is 11.8 Å². The Kier molecular flexibility index (Phi) is 16.6. The number of hydrogen-bond donors (Lipinski definition) is 0. The highest BCUT2D eigenvalue weighted by Crippen LogP contribution is 2.19. The molecule has 0 aliphatic carbocycles. The van der Waals surface area contributed by atoms with E-state index in [4.69, 9.17) is 8.85 Å². The second-order valence-corrected chi connectivity index (χ2v) is 12.0. The molecule has 5 nitrogen and oxygen atoms in total. The molecule has 0 bridgehead atoms. The van der Waals surface area contributed by atoms with Crippen LogP contribution in [0.3, 0.4) is 0 Å². The lowest BCUT2D eigenvalue weighted by atomic mass is 10.1. The summed E-state index contributed by atoms with van der Waals surface area (Å²) in [5.41, 5.74) is 0.773. The van der Waals surface area contributed by atoms with Gasteiger partial charge in [-0.2, -0.15) is 0 Å². The average Bonchev–Trinajstić information content (AvgIpc) is 2.70. The maximum Gasteiger partial charge on any atom is 0.334 e. The van der Waals surface area contributed by atoms with Crippen molar-refractivity contribution in [2.45, 2.75) is 104 Å². The van der Waals surface area contributed by atoms with Crippen LogP contribution in [0.4, 0.5) is 0 Å². The van der Waals surface area contributed by atoms with Crippen LogP contribution in [0.1, 0.15) is 91.9 Å². The molecule has 0 spiro atoms. The maximum atomic E-state index is 12.2. The number of amides is 2. The van der Waals surface area contributed by atoms with Crippen LogP contribution in [-0.4, -0.2) is 45.0 Å². The third-order valence-electron chi connectivity index (χ3n) is 5.38. The van der Waals surface area contributed by atoms with Gasteiger partial charge in [0.15, 0.2) is 0 Å². The molecule has 2 amide bonds. The summed E-state index contributed by atoms with van der Waals surface area (Å²) >= 11 is 0. The Morgan fingerprint density at radius 1 is 0.710 bits per heavy atom. The summed E-state index contributed by atoms with van der Waals surface area (Å²) in [4.78, 5) is 25.6. The standard InChI is InChI=1S/C25H47NO4Si/c1-8-29-31(7,30-9-2)21-19-17-15-13-11-10-12-14-16-18-20-26(24(27)22(3)4)25(28)23(5)6/h3,5,8-21H2,1-2,4,6-7H3. The lowest BCUT2D eigenvalue weighted by Gasteiger charge is -2.25. The molecule has 180 valence electrons. The SMILES string of the molecule is C=C(C)C(=O)N(CCCCCCCCCCCC[Si](C)(OCC)OCC)C(=O)C(=C)C. The number of rotatable bonds is 19. The van der Waals surface area contributed by atoms with Crippen molar-refractivity contribution < 1.29 is 18.4 Å². The van der Waals surface area contributed by atoms with Gasteiger partial charge in [-0.3, -0.25) is 14.5 Å². The van der Waals surface area contributed by atoms with Gasteiger partial charge in [0.1, 0.15) is 0 Å². The van der Waals surface area contributed by atoms with E-state index in [1.54, 1.807) is 13.8 Å². The van der Waals surface area contributed by atoms with Gasteiger partial charge in [0.05, 0.1) is 0 Å². The van der Waals surface area contributed by atoms with Crippen LogP contribution < -0.4 is 0 Å². The fourth-order valence-corrected chi connectivity index (χ4v) is 6.17. The Labute approximate surface area is 192 Å². The van der Waals surface area contributed by atoms with Gasteiger partial charge in [-0.15, -0.1) is 0 Å². The molecule has 0 saturated heterocycles. The van der Waals surface area contributed by atoms with Crippen molar-refractivity contribution >= 4 is 20.4 Å². The van der Waals surface area contributed by atoms with Crippen LogP contribution in [0, 0.1) is 0 Å². The first-order valence-electron chi connectivity index (χ1n) is 12.1. The molecule has 0 radical (unpaired) electrons. The highest BCUT2D eigenvalue weighted by atomic mass is 28.4. The van der Waals surface area contributed by atoms with E-state index in [0.717, 1.165) is 38.5 Å². The van der Waals surface area contributed by atoms with Gasteiger partial charge in [-0.1, -0.05) is 70.9 Å². The molecule has 0 atom stereocenters. The number of carbonyl (C=O) groups is 2. The van der Waals surface area contributed by atoms with Gasteiger partial charge in [-0.25, -0.2) is 0 Å². The number of nitrogens with zero attached hydrogens (tertiary/aromatic N) is 1. The van der Waals surface area contributed by atoms with Gasteiger partial charge in [0.2, 0.25) is 0 Å². The molecule has 0 unspecified atom stereocenters. The average molecular weight is 454 g/mol. The zero-order chi connectivity index (χ0) is 23.7. The predicted octanol–water partition coefficient (Wildman–Crippen LogP) is 6.54. The molecular weight excluding hydrogens is 406 g/mol. The minimum absolute atomic E-state index is 0.293. The first-order chi connectivity index (χ1) is 14.7. The quantitative estimate of drug-likeness (QED) is 0.127. The van der Waals surface area contributed by atoms with Crippen molar-refractivity contribution in [2.24, 2.45) is 0 Å². The Bertz CT molecular complexity index is 530. The van der Waals surface area contributed by atoms with E-state index in [0.29, 0.717) is 17.7 Å². The van der Waals surface area contributed by atoms with Crippen molar-refractivity contribution in [3.05, 3.63) is 24.3 Å². The van der Waals surface area contributed by atoms with Gasteiger partial charge in [-0.05, 0) is 46.7 Å². The van der Waals surface area contributed by atoms with E-state index >= 15 is 0 Å². The molecule has 0 aliphatic heterocycles. The Balaban J connectivity index is 3.83. The van der Waals surface area contributed by atoms with E-state index in [1.807, 2.05) is 13.8 Å². The normalized spacial score (nSPS) is 11.4. The van der Waals surface area contributed by atoms with E-state index in [9.17, 15) is 9.59 Å². The highest BCUT2D eigenvalue weighted by molar-refractivity contribution is 6.66. The van der Waals surface area contributed by atoms with E-state index in [-0.39, 0.29) is 11.8 Å². The summed E-state index contributed by atoms with van der Waals surface area (Å²) in [7, 11) is -1.93. The molecule has 6 heteroatoms. The van der Waals surface area contributed by atoms with E-state index < -0.39 is 8.56 Å². The van der Waals surface area contributed by atoms with Crippen LogP contribution in [0.5, 0.6) is 0 Å². The van der Waals surface area contributed by atoms with E-state index in [1.165, 1.54) is 49.8 Å². The summed E-state index contributed by atoms with van der Waals surface area (Å²) in [6, 6.07) is 1.09. The summed E-state index contributed by atoms with van der Waals surface area (Å²) in [6.07, 6.45) is 11.8. The molecule has 0 N–H and O–H groups in total. The molecular formula is C25H47NO4Si. The molecule has 0 aromatic rings. The first-order valence-corrected chi connectivity index (χ1v) is 14.7. The molecule has 0 aromatic heterocycles. The fourth-order valence-electron chi connectivity index (χ4n) is 3.68. The Morgan fingerprint density at radius 3 is 1.42 bits per heavy atom. The minimum Gasteiger partial charge on any atom is -0.395 e. The lowest BCUT2D eigenvalue weighted by molar-refractivity contribution is -0.140. The topological polar surface area (TPSA) is 55.8 Å². The van der Waals surface area contributed by atoms with Crippen molar-refractivity contribution in [3.63, 3.8) is 0 Å². The molecule has 0 heterocycles. The number of carbonyl (C=O) groups excluding carboxylic acids is 2. The van der Waals surface area contributed by atoms with Crippen LogP contribution in [-0.2, 0) is 18.4 Å². The lowest BCUT2D eigenvalue weighted by Crippen LogP contribution is -2.38. The maximum absolute atomic E-state index is 12.2. The van der Waals surface area contributed by atoms with Crippen molar-refractivity contribution in [2.75, 3.05) is 19.8 Å². The van der Waals surface area contributed by atoms with Crippen LogP contribution in [0.15, 0.2) is 24.3 Å². The number of unbranched alkanes of at least 4 members (excludes halogenated alkanes) is 9. The summed E-state index contributed by atoms with van der Waals surface area (Å²) in [6.45, 7) is 18.8. The van der Waals surface area contributed by atoms with E-state index in [2.05, 4.69) is 19.7 Å². The molecule has 0 saturated carbocycles. The Hall–Kier alpha value is -1.24. The fraction of sp³-hybridized carbons (Fsp3) is 0.760. The molecule has 31 heavy (non-hydrogen) atoms. The second kappa shape index (κ2) is 17.3. The summed E-state index contributed by atoms with van der Waals surface area (Å²) < 4.78 is 11.8. The zero-order valence-corrected chi connectivity index (χ0v) is 21.9. The third kappa shape index (κ3) is 13.7. The second-order valence-electron chi connectivity index (χ2n) is 8.61. The van der Waals surface area contributed by atoms with Crippen molar-refractivity contribution in [1.82, 2.24) is 4.90 Å². The first kappa shape index (κ1) is 29.8. The zero-order valence-electron chi connectivity index (χ0n) is 20.9. The monoisotopic (exact) mass is 453 g/mol. The summed E-state index contributed by atoms with van der Waals surface area (Å²) in [5.74, 6) is -0.586. The minimum atomic E-state index is -1.93. The van der Waals surface area contributed by atoms with Crippen molar-refractivity contribution in [3.8, 4) is 0 Å². The van der Waals surface area contributed by atoms with Crippen LogP contribution in [0.25, 0.3) is 0 Å². The largest absolute Gasteiger partial charge is 0.395 e. The smallest absolute Gasteiger partial charge is 0.334 e. The molecule has 0 fully saturated rings. The summed E-state index contributed by atoms with van der Waals surface area (Å²) in [5, 5.41) is 0. The predicted molar refractivity (Wildman–Crippen MR) is 132 cm³/mol. The van der Waals surface area contributed by atoms with Gasteiger partial charge >= 0.3 is 8.56 Å². The van der Waals surface area contributed by atoms with Gasteiger partial charge in [0, 0.05) is 30.9 Å². The highest BCUT2D eigenvalue weighted by Gasteiger charge is 2.29. The molecule has 0 aromatic carbocycles. The van der Waals surface area contributed by atoms with Crippen molar-refractivity contribution in [1.29, 1.82) is 0 Å². The molecule has 0 aliphatic rings. The molecule has 0 rings (SSSR count).